The van der Waals surface area contributed by atoms with E-state index in [1.54, 1.807) is 24.7 Å². The molecular formula is C23H20FN5O3. The van der Waals surface area contributed by atoms with Crippen LogP contribution in [0.4, 0.5) is 4.39 Å². The predicted octanol–water partition coefficient (Wildman–Crippen LogP) is 4.24. The molecule has 0 amide bonds. The number of hydrogen-bond donors (Lipinski definition) is 2. The van der Waals surface area contributed by atoms with Crippen LogP contribution in [0.1, 0.15) is 25.7 Å². The molecule has 3 heterocycles. The summed E-state index contributed by atoms with van der Waals surface area (Å²) in [5.41, 5.74) is 3.54. The third kappa shape index (κ3) is 4.14. The van der Waals surface area contributed by atoms with Crippen molar-refractivity contribution in [3.8, 4) is 28.7 Å². The Morgan fingerprint density at radius 1 is 1.00 bits per heavy atom. The Morgan fingerprint density at radius 3 is 2.44 bits per heavy atom. The van der Waals surface area contributed by atoms with Gasteiger partial charge in [-0.15, -0.1) is 0 Å². The van der Waals surface area contributed by atoms with Gasteiger partial charge in [0.05, 0.1) is 22.6 Å². The average molecular weight is 433 g/mol. The van der Waals surface area contributed by atoms with Crippen LogP contribution in [0.3, 0.4) is 0 Å². The van der Waals surface area contributed by atoms with Gasteiger partial charge >= 0.3 is 12.0 Å². The zero-order chi connectivity index (χ0) is 22.1. The second-order valence-electron chi connectivity index (χ2n) is 7.86. The molecule has 4 aromatic rings. The van der Waals surface area contributed by atoms with Gasteiger partial charge in [0.2, 0.25) is 0 Å². The molecule has 3 aromatic heterocycles. The fraction of sp³-hybridized carbons (Fsp3) is 0.261. The first-order valence-electron chi connectivity index (χ1n) is 10.4. The van der Waals surface area contributed by atoms with Crippen LogP contribution in [0.5, 0.6) is 6.01 Å². The summed E-state index contributed by atoms with van der Waals surface area (Å²) in [6.45, 7) is 0. The number of rotatable bonds is 5. The van der Waals surface area contributed by atoms with Gasteiger partial charge in [0, 0.05) is 29.7 Å². The van der Waals surface area contributed by atoms with Crippen LogP contribution < -0.4 is 4.74 Å². The van der Waals surface area contributed by atoms with Crippen LogP contribution in [-0.2, 0) is 4.79 Å². The molecule has 1 aromatic carbocycles. The normalized spacial score (nSPS) is 18.5. The number of H-pyrrole nitrogens is 1. The Hall–Kier alpha value is -3.88. The highest BCUT2D eigenvalue weighted by Crippen LogP contribution is 2.27. The van der Waals surface area contributed by atoms with Crippen LogP contribution in [0, 0.1) is 11.7 Å². The summed E-state index contributed by atoms with van der Waals surface area (Å²) in [6.07, 6.45) is 7.50. The maximum Gasteiger partial charge on any atom is 0.316 e. The van der Waals surface area contributed by atoms with E-state index < -0.39 is 5.97 Å². The number of fused-ring (bicyclic) bond motifs is 1. The Bertz CT molecular complexity index is 1250. The van der Waals surface area contributed by atoms with Crippen LogP contribution in [0.15, 0.2) is 48.9 Å². The van der Waals surface area contributed by atoms with Crippen LogP contribution in [-0.4, -0.2) is 42.1 Å². The number of imidazole rings is 1. The van der Waals surface area contributed by atoms with Gasteiger partial charge in [0.1, 0.15) is 17.7 Å². The summed E-state index contributed by atoms with van der Waals surface area (Å²) in [4.78, 5) is 31.7. The maximum absolute atomic E-state index is 13.4. The van der Waals surface area contributed by atoms with E-state index in [-0.39, 0.29) is 23.8 Å². The van der Waals surface area contributed by atoms with Crippen LogP contribution in [0.25, 0.3) is 33.7 Å². The number of nitrogens with one attached hydrogen (secondary N) is 1. The van der Waals surface area contributed by atoms with E-state index in [0.29, 0.717) is 48.2 Å². The largest absolute Gasteiger partial charge is 0.481 e. The summed E-state index contributed by atoms with van der Waals surface area (Å²) in [6, 6.07) is 8.41. The number of pyridine rings is 1. The molecule has 0 spiro atoms. The lowest BCUT2D eigenvalue weighted by Gasteiger charge is -2.25. The van der Waals surface area contributed by atoms with Gasteiger partial charge in [-0.2, -0.15) is 0 Å². The number of carboxylic acids is 1. The van der Waals surface area contributed by atoms with E-state index in [1.807, 2.05) is 12.1 Å². The van der Waals surface area contributed by atoms with Gasteiger partial charge in [-0.3, -0.25) is 9.78 Å². The zero-order valence-electron chi connectivity index (χ0n) is 17.0. The summed E-state index contributed by atoms with van der Waals surface area (Å²) in [5, 5.41) is 9.09. The smallest absolute Gasteiger partial charge is 0.316 e. The summed E-state index contributed by atoms with van der Waals surface area (Å²) in [5.74, 6) is -0.728. The fourth-order valence-electron chi connectivity index (χ4n) is 3.91. The van der Waals surface area contributed by atoms with E-state index in [2.05, 4.69) is 24.9 Å². The van der Waals surface area contributed by atoms with Crippen LogP contribution >= 0.6 is 0 Å². The van der Waals surface area contributed by atoms with Crippen molar-refractivity contribution in [1.29, 1.82) is 0 Å². The number of hydrogen-bond acceptors (Lipinski definition) is 6. The van der Waals surface area contributed by atoms with Crippen molar-refractivity contribution in [2.45, 2.75) is 31.8 Å². The molecule has 2 N–H and O–H groups in total. The molecule has 8 nitrogen and oxygen atoms in total. The highest BCUT2D eigenvalue weighted by Gasteiger charge is 2.27. The van der Waals surface area contributed by atoms with Crippen molar-refractivity contribution in [1.82, 2.24) is 24.9 Å². The minimum Gasteiger partial charge on any atom is -0.481 e. The molecule has 1 saturated carbocycles. The molecule has 1 aliphatic rings. The fourth-order valence-corrected chi connectivity index (χ4v) is 3.91. The highest BCUT2D eigenvalue weighted by molar-refractivity contribution is 5.79. The number of carboxylic acid groups (broad SMARTS) is 1. The lowest BCUT2D eigenvalue weighted by atomic mass is 9.87. The number of nitrogens with zero attached hydrogens (tertiary/aromatic N) is 4. The molecule has 0 bridgehead atoms. The Kier molecular flexibility index (Phi) is 5.22. The van der Waals surface area contributed by atoms with Crippen molar-refractivity contribution in [3.63, 3.8) is 0 Å². The molecule has 162 valence electrons. The Balaban J connectivity index is 1.25. The van der Waals surface area contributed by atoms with Gasteiger partial charge < -0.3 is 14.8 Å². The van der Waals surface area contributed by atoms with Gasteiger partial charge in [0.25, 0.3) is 0 Å². The Labute approximate surface area is 182 Å². The standard InChI is InChI=1S/C23H20FN5O3/c24-16-4-8-19-20(9-16)29-21(28-19)14-3-7-18(25-10-14)15-11-26-23(27-12-15)32-17-5-1-13(2-6-17)22(30)31/h3-4,7-13,17H,1-2,5-6H2,(H,28,29)(H,30,31). The quantitative estimate of drug-likeness (QED) is 0.484. The second-order valence-corrected chi connectivity index (χ2v) is 7.86. The minimum absolute atomic E-state index is 0.0638. The first-order valence-corrected chi connectivity index (χ1v) is 10.4. The molecule has 0 unspecified atom stereocenters. The Morgan fingerprint density at radius 2 is 1.75 bits per heavy atom. The summed E-state index contributed by atoms with van der Waals surface area (Å²) in [7, 11) is 0. The summed E-state index contributed by atoms with van der Waals surface area (Å²) >= 11 is 0. The first-order chi connectivity index (χ1) is 15.5. The molecule has 0 radical (unpaired) electrons. The molecule has 1 fully saturated rings. The van der Waals surface area contributed by atoms with Crippen molar-refractivity contribution in [2.75, 3.05) is 0 Å². The summed E-state index contributed by atoms with van der Waals surface area (Å²) < 4.78 is 19.2. The minimum atomic E-state index is -0.739. The van der Waals surface area contributed by atoms with Crippen molar-refractivity contribution >= 4 is 17.0 Å². The number of carbonyl (C=O) groups is 1. The molecule has 0 atom stereocenters. The zero-order valence-corrected chi connectivity index (χ0v) is 17.0. The van der Waals surface area contributed by atoms with E-state index >= 15 is 0 Å². The predicted molar refractivity (Wildman–Crippen MR) is 114 cm³/mol. The molecule has 1 aliphatic carbocycles. The lowest BCUT2D eigenvalue weighted by Crippen LogP contribution is -2.28. The van der Waals surface area contributed by atoms with Gasteiger partial charge in [-0.25, -0.2) is 19.3 Å². The monoisotopic (exact) mass is 433 g/mol. The number of benzene rings is 1. The number of aliphatic carboxylic acids is 1. The first kappa shape index (κ1) is 20.0. The molecule has 9 heteroatoms. The number of halogens is 1. The third-order valence-electron chi connectivity index (χ3n) is 5.70. The van der Waals surface area contributed by atoms with E-state index in [1.165, 1.54) is 12.1 Å². The molecule has 32 heavy (non-hydrogen) atoms. The van der Waals surface area contributed by atoms with E-state index in [9.17, 15) is 9.18 Å². The van der Waals surface area contributed by atoms with E-state index in [4.69, 9.17) is 9.84 Å². The molecule has 0 saturated heterocycles. The van der Waals surface area contributed by atoms with Crippen LogP contribution in [0.2, 0.25) is 0 Å². The van der Waals surface area contributed by atoms with E-state index in [0.717, 1.165) is 11.1 Å². The molecule has 0 aliphatic heterocycles. The number of aromatic nitrogens is 5. The van der Waals surface area contributed by atoms with Crippen molar-refractivity contribution < 1.29 is 19.0 Å². The van der Waals surface area contributed by atoms with Crippen molar-refractivity contribution in [2.24, 2.45) is 5.92 Å². The topological polar surface area (TPSA) is 114 Å². The van der Waals surface area contributed by atoms with Gasteiger partial charge in [-0.05, 0) is 56.0 Å². The molecular weight excluding hydrogens is 413 g/mol. The number of aromatic amines is 1. The third-order valence-corrected chi connectivity index (χ3v) is 5.70. The van der Waals surface area contributed by atoms with Crippen molar-refractivity contribution in [3.05, 3.63) is 54.7 Å². The average Bonchev–Trinajstić information content (AvgIpc) is 3.23. The molecule has 5 rings (SSSR count). The number of ether oxygens (including phenoxy) is 1. The maximum atomic E-state index is 13.4. The lowest BCUT2D eigenvalue weighted by molar-refractivity contribution is -0.143. The van der Waals surface area contributed by atoms with Gasteiger partial charge in [-0.1, -0.05) is 0 Å². The SMILES string of the molecule is O=C(O)C1CCC(Oc2ncc(-c3ccc(-c4nc5ccc(F)cc5[nH]4)cn3)cn2)CC1. The van der Waals surface area contributed by atoms with Gasteiger partial charge in [0.15, 0.2) is 0 Å². The second kappa shape index (κ2) is 8.33. The highest BCUT2D eigenvalue weighted by atomic mass is 19.1.